The molecule has 20 heavy (non-hydrogen) atoms. The molecule has 1 aromatic rings. The lowest BCUT2D eigenvalue weighted by Gasteiger charge is -2.19. The van der Waals surface area contributed by atoms with Gasteiger partial charge in [0.25, 0.3) is 5.91 Å². The van der Waals surface area contributed by atoms with Crippen LogP contribution in [0.5, 0.6) is 0 Å². The average Bonchev–Trinajstić information content (AvgIpc) is 2.52. The van der Waals surface area contributed by atoms with Gasteiger partial charge in [0.15, 0.2) is 0 Å². The number of benzene rings is 1. The quantitative estimate of drug-likeness (QED) is 0.680. The van der Waals surface area contributed by atoms with Crippen molar-refractivity contribution in [2.45, 2.75) is 32.1 Å². The fraction of sp³-hybridized carbons (Fsp3) is 0.375. The third-order valence-electron chi connectivity index (χ3n) is 3.42. The molecule has 1 amide bonds. The molecule has 0 unspecified atom stereocenters. The summed E-state index contributed by atoms with van der Waals surface area (Å²) in [5.74, 6) is -0.827. The number of carbonyl (C=O) groups is 2. The molecule has 1 aliphatic rings. The van der Waals surface area contributed by atoms with Crippen molar-refractivity contribution < 1.29 is 14.4 Å². The number of amides is 1. The molecule has 1 fully saturated rings. The van der Waals surface area contributed by atoms with Gasteiger partial charge in [-0.2, -0.15) is 5.48 Å². The Morgan fingerprint density at radius 1 is 1.10 bits per heavy atom. The van der Waals surface area contributed by atoms with Crippen molar-refractivity contribution in [2.75, 3.05) is 0 Å². The monoisotopic (exact) mass is 273 g/mol. The fourth-order valence-electron chi connectivity index (χ4n) is 2.29. The molecule has 106 valence electrons. The molecule has 4 heteroatoms. The molecule has 1 N–H and O–H groups in total. The highest BCUT2D eigenvalue weighted by atomic mass is 16.7. The van der Waals surface area contributed by atoms with Gasteiger partial charge >= 0.3 is 5.97 Å². The van der Waals surface area contributed by atoms with Gasteiger partial charge in [-0.25, -0.2) is 4.79 Å². The molecule has 1 aromatic carbocycles. The molecule has 1 aliphatic carbocycles. The number of carbonyl (C=O) groups excluding carboxylic acids is 2. The van der Waals surface area contributed by atoms with E-state index in [1.165, 1.54) is 12.5 Å². The minimum Gasteiger partial charge on any atom is -0.340 e. The Balaban J connectivity index is 1.74. The van der Waals surface area contributed by atoms with Crippen LogP contribution in [0.1, 0.15) is 37.7 Å². The van der Waals surface area contributed by atoms with Crippen molar-refractivity contribution in [1.29, 1.82) is 0 Å². The molecule has 1 saturated carbocycles. The second kappa shape index (κ2) is 7.48. The second-order valence-electron chi connectivity index (χ2n) is 4.97. The number of hydroxylamine groups is 1. The predicted octanol–water partition coefficient (Wildman–Crippen LogP) is 2.85. The van der Waals surface area contributed by atoms with Gasteiger partial charge in [0.1, 0.15) is 0 Å². The Kier molecular flexibility index (Phi) is 5.35. The van der Waals surface area contributed by atoms with Crippen molar-refractivity contribution in [3.05, 3.63) is 42.0 Å². The molecule has 0 radical (unpaired) electrons. The van der Waals surface area contributed by atoms with Gasteiger partial charge in [-0.3, -0.25) is 4.79 Å². The Morgan fingerprint density at radius 3 is 2.50 bits per heavy atom. The minimum atomic E-state index is -0.432. The normalized spacial score (nSPS) is 16.0. The molecule has 0 heterocycles. The van der Waals surface area contributed by atoms with Crippen LogP contribution in [0, 0.1) is 5.92 Å². The summed E-state index contributed by atoms with van der Waals surface area (Å²) in [5, 5.41) is 0. The van der Waals surface area contributed by atoms with Crippen LogP contribution < -0.4 is 5.48 Å². The van der Waals surface area contributed by atoms with Crippen molar-refractivity contribution in [3.8, 4) is 0 Å². The lowest BCUT2D eigenvalue weighted by molar-refractivity contribution is -0.161. The van der Waals surface area contributed by atoms with Crippen LogP contribution in [0.25, 0.3) is 6.08 Å². The summed E-state index contributed by atoms with van der Waals surface area (Å²) in [7, 11) is 0. The van der Waals surface area contributed by atoms with Gasteiger partial charge in [-0.1, -0.05) is 49.6 Å². The van der Waals surface area contributed by atoms with Gasteiger partial charge in [0.2, 0.25) is 0 Å². The highest BCUT2D eigenvalue weighted by molar-refractivity contribution is 5.91. The number of nitrogens with one attached hydrogen (secondary N) is 1. The van der Waals surface area contributed by atoms with Crippen LogP contribution >= 0.6 is 0 Å². The summed E-state index contributed by atoms with van der Waals surface area (Å²) in [6, 6.07) is 9.46. The van der Waals surface area contributed by atoms with Gasteiger partial charge in [-0.05, 0) is 24.5 Å². The molecule has 0 spiro atoms. The molecule has 0 aliphatic heterocycles. The zero-order chi connectivity index (χ0) is 14.2. The first-order valence-corrected chi connectivity index (χ1v) is 6.99. The zero-order valence-corrected chi connectivity index (χ0v) is 11.4. The van der Waals surface area contributed by atoms with Crippen LogP contribution in [-0.4, -0.2) is 11.9 Å². The van der Waals surface area contributed by atoms with Crippen LogP contribution in [0.3, 0.4) is 0 Å². The van der Waals surface area contributed by atoms with E-state index in [1.54, 1.807) is 6.08 Å². The molecule has 0 bridgehead atoms. The van der Waals surface area contributed by atoms with Gasteiger partial charge in [0, 0.05) is 6.08 Å². The first kappa shape index (κ1) is 14.3. The van der Waals surface area contributed by atoms with E-state index < -0.39 is 5.91 Å². The lowest BCUT2D eigenvalue weighted by atomic mass is 9.89. The highest BCUT2D eigenvalue weighted by Gasteiger charge is 2.23. The summed E-state index contributed by atoms with van der Waals surface area (Å²) in [4.78, 5) is 28.1. The minimum absolute atomic E-state index is 0.0675. The SMILES string of the molecule is O=C(C=Cc1ccccc1)NOC(=O)C1CCCCC1. The highest BCUT2D eigenvalue weighted by Crippen LogP contribution is 2.24. The van der Waals surface area contributed by atoms with Crippen LogP contribution in [-0.2, 0) is 14.4 Å². The van der Waals surface area contributed by atoms with E-state index in [9.17, 15) is 9.59 Å². The summed E-state index contributed by atoms with van der Waals surface area (Å²) >= 11 is 0. The first-order chi connectivity index (χ1) is 9.75. The maximum absolute atomic E-state index is 11.7. The molecule has 0 aromatic heterocycles. The summed E-state index contributed by atoms with van der Waals surface area (Å²) in [5.41, 5.74) is 3.09. The van der Waals surface area contributed by atoms with E-state index in [-0.39, 0.29) is 11.9 Å². The number of hydrogen-bond acceptors (Lipinski definition) is 3. The third-order valence-corrected chi connectivity index (χ3v) is 3.42. The Labute approximate surface area is 118 Å². The van der Waals surface area contributed by atoms with Crippen molar-refractivity contribution in [1.82, 2.24) is 5.48 Å². The molecule has 4 nitrogen and oxygen atoms in total. The first-order valence-electron chi connectivity index (χ1n) is 6.99. The summed E-state index contributed by atoms with van der Waals surface area (Å²) in [6.07, 6.45) is 8.02. The maximum atomic E-state index is 11.7. The summed E-state index contributed by atoms with van der Waals surface area (Å²) < 4.78 is 0. The number of hydrogen-bond donors (Lipinski definition) is 1. The van der Waals surface area contributed by atoms with Crippen LogP contribution in [0.4, 0.5) is 0 Å². The standard InChI is InChI=1S/C16H19NO3/c18-15(12-11-13-7-3-1-4-8-13)17-20-16(19)14-9-5-2-6-10-14/h1,3-4,7-8,11-12,14H,2,5-6,9-10H2,(H,17,18). The Hall–Kier alpha value is -2.10. The van der Waals surface area contributed by atoms with E-state index in [4.69, 9.17) is 4.84 Å². The Morgan fingerprint density at radius 2 is 1.80 bits per heavy atom. The van der Waals surface area contributed by atoms with E-state index in [1.807, 2.05) is 30.3 Å². The lowest BCUT2D eigenvalue weighted by Crippen LogP contribution is -2.30. The van der Waals surface area contributed by atoms with Gasteiger partial charge in [0.05, 0.1) is 5.92 Å². The van der Waals surface area contributed by atoms with Gasteiger partial charge < -0.3 is 4.84 Å². The van der Waals surface area contributed by atoms with Crippen LogP contribution in [0.2, 0.25) is 0 Å². The average molecular weight is 273 g/mol. The molecular formula is C16H19NO3. The summed E-state index contributed by atoms with van der Waals surface area (Å²) in [6.45, 7) is 0. The van der Waals surface area contributed by atoms with E-state index in [0.717, 1.165) is 31.2 Å². The molecular weight excluding hydrogens is 254 g/mol. The van der Waals surface area contributed by atoms with Gasteiger partial charge in [-0.15, -0.1) is 0 Å². The van der Waals surface area contributed by atoms with Crippen molar-refractivity contribution >= 4 is 18.0 Å². The molecule has 0 saturated heterocycles. The number of rotatable bonds is 3. The maximum Gasteiger partial charge on any atom is 0.335 e. The molecule has 2 rings (SSSR count). The fourth-order valence-corrected chi connectivity index (χ4v) is 2.29. The van der Waals surface area contributed by atoms with Crippen LogP contribution in [0.15, 0.2) is 36.4 Å². The van der Waals surface area contributed by atoms with E-state index in [2.05, 4.69) is 5.48 Å². The van der Waals surface area contributed by atoms with E-state index in [0.29, 0.717) is 0 Å². The predicted molar refractivity (Wildman–Crippen MR) is 76.3 cm³/mol. The topological polar surface area (TPSA) is 55.4 Å². The van der Waals surface area contributed by atoms with E-state index >= 15 is 0 Å². The van der Waals surface area contributed by atoms with Crippen molar-refractivity contribution in [2.24, 2.45) is 5.92 Å². The third kappa shape index (κ3) is 4.53. The Bertz CT molecular complexity index is 476. The largest absolute Gasteiger partial charge is 0.340 e. The zero-order valence-electron chi connectivity index (χ0n) is 11.4. The van der Waals surface area contributed by atoms with Crippen molar-refractivity contribution in [3.63, 3.8) is 0 Å². The smallest absolute Gasteiger partial charge is 0.335 e. The second-order valence-corrected chi connectivity index (χ2v) is 4.97. The molecule has 0 atom stereocenters.